The van der Waals surface area contributed by atoms with Gasteiger partial charge in [0, 0.05) is 12.6 Å². The molecule has 0 radical (unpaired) electrons. The molecule has 120 valence electrons. The Hall–Kier alpha value is -1.75. The average Bonchev–Trinajstić information content (AvgIpc) is 2.49. The number of hydrogen-bond acceptors (Lipinski definition) is 3. The maximum absolute atomic E-state index is 12.6. The fraction of sp³-hybridized carbons (Fsp3) is 0.500. The van der Waals surface area contributed by atoms with Crippen LogP contribution in [-0.4, -0.2) is 40.6 Å². The number of carboxylic acid groups (broad SMARTS) is 1. The van der Waals surface area contributed by atoms with Crippen LogP contribution in [0.4, 0.5) is 0 Å². The van der Waals surface area contributed by atoms with Gasteiger partial charge in [-0.2, -0.15) is 0 Å². The van der Waals surface area contributed by atoms with Crippen LogP contribution in [-0.2, 0) is 9.59 Å². The summed E-state index contributed by atoms with van der Waals surface area (Å²) in [5.41, 5.74) is 0. The van der Waals surface area contributed by atoms with Gasteiger partial charge in [0.25, 0.3) is 5.91 Å². The number of nitrogens with zero attached hydrogens (tertiary/aromatic N) is 1. The summed E-state index contributed by atoms with van der Waals surface area (Å²) in [6, 6.07) is 6.97. The fourth-order valence-corrected chi connectivity index (χ4v) is 2.81. The zero-order valence-corrected chi connectivity index (χ0v) is 13.4. The van der Waals surface area contributed by atoms with Crippen molar-refractivity contribution in [3.63, 3.8) is 0 Å². The Morgan fingerprint density at radius 1 is 1.36 bits per heavy atom. The van der Waals surface area contributed by atoms with Crippen LogP contribution in [0.25, 0.3) is 0 Å². The van der Waals surface area contributed by atoms with Gasteiger partial charge >= 0.3 is 5.97 Å². The lowest BCUT2D eigenvalue weighted by Crippen LogP contribution is -2.51. The van der Waals surface area contributed by atoms with Gasteiger partial charge in [0.15, 0.2) is 6.10 Å². The number of piperidine rings is 1. The smallest absolute Gasteiger partial charge is 0.308 e. The predicted octanol–water partition coefficient (Wildman–Crippen LogP) is 2.82. The number of rotatable bonds is 4. The Morgan fingerprint density at radius 2 is 2.05 bits per heavy atom. The third-order valence-corrected chi connectivity index (χ3v) is 4.31. The second-order valence-corrected chi connectivity index (χ2v) is 6.05. The number of para-hydroxylation sites is 1. The first-order valence-corrected chi connectivity index (χ1v) is 7.72. The standard InChI is InChI=1S/C16H20ClNO4/c1-10-7-8-12(16(20)21)9-18(10)15(19)11(2)22-14-6-4-3-5-13(14)17/h3-6,10-12H,7-9H2,1-2H3,(H,20,21). The highest BCUT2D eigenvalue weighted by atomic mass is 35.5. The van der Waals surface area contributed by atoms with Crippen molar-refractivity contribution in [1.82, 2.24) is 4.90 Å². The number of benzene rings is 1. The van der Waals surface area contributed by atoms with Gasteiger partial charge in [-0.3, -0.25) is 9.59 Å². The third-order valence-electron chi connectivity index (χ3n) is 4.00. The zero-order valence-electron chi connectivity index (χ0n) is 12.7. The number of carbonyl (C=O) groups excluding carboxylic acids is 1. The topological polar surface area (TPSA) is 66.8 Å². The Balaban J connectivity index is 2.05. The fourth-order valence-electron chi connectivity index (χ4n) is 2.63. The van der Waals surface area contributed by atoms with Gasteiger partial charge in [-0.1, -0.05) is 23.7 Å². The Morgan fingerprint density at radius 3 is 2.68 bits per heavy atom. The monoisotopic (exact) mass is 325 g/mol. The highest BCUT2D eigenvalue weighted by Gasteiger charge is 2.35. The molecule has 1 N–H and O–H groups in total. The van der Waals surface area contributed by atoms with Crippen LogP contribution in [0.5, 0.6) is 5.75 Å². The number of likely N-dealkylation sites (tertiary alicyclic amines) is 1. The number of halogens is 1. The van der Waals surface area contributed by atoms with E-state index in [9.17, 15) is 9.59 Å². The molecule has 3 unspecified atom stereocenters. The molecule has 1 aromatic carbocycles. The van der Waals surface area contributed by atoms with Gasteiger partial charge < -0.3 is 14.7 Å². The van der Waals surface area contributed by atoms with Crippen molar-refractivity contribution in [2.45, 2.75) is 38.8 Å². The summed E-state index contributed by atoms with van der Waals surface area (Å²) in [4.78, 5) is 25.3. The van der Waals surface area contributed by atoms with Crippen LogP contribution in [0.15, 0.2) is 24.3 Å². The van der Waals surface area contributed by atoms with E-state index in [1.165, 1.54) is 0 Å². The van der Waals surface area contributed by atoms with E-state index in [1.54, 1.807) is 36.1 Å². The summed E-state index contributed by atoms with van der Waals surface area (Å²) in [6.45, 7) is 3.81. The minimum atomic E-state index is -0.857. The van der Waals surface area contributed by atoms with Gasteiger partial charge in [-0.05, 0) is 38.8 Å². The SMILES string of the molecule is CC(Oc1ccccc1Cl)C(=O)N1CC(C(=O)O)CCC1C. The van der Waals surface area contributed by atoms with E-state index < -0.39 is 18.0 Å². The lowest BCUT2D eigenvalue weighted by molar-refractivity contribution is -0.149. The van der Waals surface area contributed by atoms with E-state index in [2.05, 4.69) is 0 Å². The molecule has 0 aromatic heterocycles. The normalized spacial score (nSPS) is 23.0. The molecule has 1 aromatic rings. The Kier molecular flexibility index (Phi) is 5.29. The third kappa shape index (κ3) is 3.71. The highest BCUT2D eigenvalue weighted by Crippen LogP contribution is 2.26. The van der Waals surface area contributed by atoms with E-state index in [0.717, 1.165) is 0 Å². The second kappa shape index (κ2) is 7.01. The molecule has 1 saturated heterocycles. The molecule has 1 fully saturated rings. The number of carboxylic acids is 1. The zero-order chi connectivity index (χ0) is 16.3. The molecule has 2 rings (SSSR count). The molecule has 22 heavy (non-hydrogen) atoms. The molecule has 1 heterocycles. The summed E-state index contributed by atoms with van der Waals surface area (Å²) >= 11 is 6.02. The second-order valence-electron chi connectivity index (χ2n) is 5.64. The molecule has 1 aliphatic rings. The van der Waals surface area contributed by atoms with E-state index in [0.29, 0.717) is 23.6 Å². The van der Waals surface area contributed by atoms with Crippen molar-refractivity contribution in [3.8, 4) is 5.75 Å². The van der Waals surface area contributed by atoms with E-state index in [-0.39, 0.29) is 18.5 Å². The molecule has 0 bridgehead atoms. The van der Waals surface area contributed by atoms with Crippen molar-refractivity contribution in [3.05, 3.63) is 29.3 Å². The molecule has 1 aliphatic heterocycles. The molecule has 5 nitrogen and oxygen atoms in total. The van der Waals surface area contributed by atoms with E-state index in [1.807, 2.05) is 6.92 Å². The van der Waals surface area contributed by atoms with Crippen molar-refractivity contribution >= 4 is 23.5 Å². The van der Waals surface area contributed by atoms with Crippen molar-refractivity contribution in [2.24, 2.45) is 5.92 Å². The van der Waals surface area contributed by atoms with Gasteiger partial charge in [-0.25, -0.2) is 0 Å². The molecule has 0 aliphatic carbocycles. The number of hydrogen-bond donors (Lipinski definition) is 1. The van der Waals surface area contributed by atoms with Crippen molar-refractivity contribution in [2.75, 3.05) is 6.54 Å². The molecule has 0 spiro atoms. The summed E-state index contributed by atoms with van der Waals surface area (Å²) in [5, 5.41) is 9.59. The van der Waals surface area contributed by atoms with Crippen LogP contribution in [0.1, 0.15) is 26.7 Å². The van der Waals surface area contributed by atoms with Crippen LogP contribution in [0.2, 0.25) is 5.02 Å². The molecule has 6 heteroatoms. The Bertz CT molecular complexity index is 563. The van der Waals surface area contributed by atoms with Crippen molar-refractivity contribution < 1.29 is 19.4 Å². The summed E-state index contributed by atoms with van der Waals surface area (Å²) in [7, 11) is 0. The maximum atomic E-state index is 12.6. The first-order valence-electron chi connectivity index (χ1n) is 7.34. The lowest BCUT2D eigenvalue weighted by Gasteiger charge is -2.37. The first-order chi connectivity index (χ1) is 10.4. The largest absolute Gasteiger partial charge is 0.481 e. The van der Waals surface area contributed by atoms with Crippen LogP contribution >= 0.6 is 11.6 Å². The summed E-state index contributed by atoms with van der Waals surface area (Å²) in [5.74, 6) is -1.13. The number of ether oxygens (including phenoxy) is 1. The quantitative estimate of drug-likeness (QED) is 0.924. The molecular formula is C16H20ClNO4. The molecular weight excluding hydrogens is 306 g/mol. The maximum Gasteiger partial charge on any atom is 0.308 e. The predicted molar refractivity (Wildman–Crippen MR) is 83.1 cm³/mol. The molecule has 1 amide bonds. The van der Waals surface area contributed by atoms with Gasteiger partial charge in [0.05, 0.1) is 10.9 Å². The number of aliphatic carboxylic acids is 1. The minimum absolute atomic E-state index is 0.0143. The minimum Gasteiger partial charge on any atom is -0.481 e. The first kappa shape index (κ1) is 16.6. The van der Waals surface area contributed by atoms with Gasteiger partial charge in [0.2, 0.25) is 0 Å². The number of amides is 1. The molecule has 0 saturated carbocycles. The van der Waals surface area contributed by atoms with Crippen LogP contribution in [0.3, 0.4) is 0 Å². The van der Waals surface area contributed by atoms with E-state index >= 15 is 0 Å². The van der Waals surface area contributed by atoms with Crippen molar-refractivity contribution in [1.29, 1.82) is 0 Å². The van der Waals surface area contributed by atoms with Crippen LogP contribution in [0, 0.1) is 5.92 Å². The lowest BCUT2D eigenvalue weighted by atomic mass is 9.93. The highest BCUT2D eigenvalue weighted by molar-refractivity contribution is 6.32. The average molecular weight is 326 g/mol. The number of carbonyl (C=O) groups is 2. The van der Waals surface area contributed by atoms with Gasteiger partial charge in [0.1, 0.15) is 5.75 Å². The Labute approximate surface area is 134 Å². The summed E-state index contributed by atoms with van der Waals surface area (Å²) in [6.07, 6.45) is 0.566. The molecule has 3 atom stereocenters. The van der Waals surface area contributed by atoms with Gasteiger partial charge in [-0.15, -0.1) is 0 Å². The summed E-state index contributed by atoms with van der Waals surface area (Å²) < 4.78 is 5.63. The van der Waals surface area contributed by atoms with Crippen LogP contribution < -0.4 is 4.74 Å². The van der Waals surface area contributed by atoms with E-state index in [4.69, 9.17) is 21.4 Å².